The maximum absolute atomic E-state index is 5.50. The Balaban J connectivity index is 2.38. The van der Waals surface area contributed by atoms with Crippen LogP contribution in [-0.4, -0.2) is 25.2 Å². The Hall–Kier alpha value is -1.68. The number of hydrogen-bond acceptors (Lipinski definition) is 3. The summed E-state index contributed by atoms with van der Waals surface area (Å²) in [5, 5.41) is 1.02. The number of benzene rings is 1. The van der Waals surface area contributed by atoms with Gasteiger partial charge in [0, 0.05) is 23.6 Å². The highest BCUT2D eigenvalue weighted by molar-refractivity contribution is 5.87. The third kappa shape index (κ3) is 1.89. The highest BCUT2D eigenvalue weighted by atomic mass is 16.5. The summed E-state index contributed by atoms with van der Waals surface area (Å²) < 4.78 is 10.7. The van der Waals surface area contributed by atoms with Crippen LogP contribution in [0.4, 0.5) is 0 Å². The van der Waals surface area contributed by atoms with Crippen LogP contribution in [-0.2, 0) is 0 Å². The van der Waals surface area contributed by atoms with E-state index in [1.807, 2.05) is 24.4 Å². The molecule has 0 saturated carbocycles. The molecule has 0 aliphatic rings. The van der Waals surface area contributed by atoms with Gasteiger partial charge in [0.25, 0.3) is 0 Å². The maximum atomic E-state index is 5.50. The first-order chi connectivity index (χ1) is 7.35. The number of H-pyrrole nitrogens is 1. The minimum absolute atomic E-state index is 0.511. The second-order valence-corrected chi connectivity index (χ2v) is 3.20. The molecule has 0 bridgehead atoms. The number of nitrogens with two attached hydrogens (primary N) is 1. The summed E-state index contributed by atoms with van der Waals surface area (Å²) in [5.41, 5.74) is 6.42. The molecule has 0 spiro atoms. The summed E-state index contributed by atoms with van der Waals surface area (Å²) in [4.78, 5) is 3.13. The Labute approximate surface area is 88.0 Å². The first-order valence-corrected chi connectivity index (χ1v) is 4.83. The summed E-state index contributed by atoms with van der Waals surface area (Å²) in [5.74, 6) is 1.63. The molecule has 0 radical (unpaired) electrons. The summed E-state index contributed by atoms with van der Waals surface area (Å²) in [6.07, 6.45) is 1.83. The molecule has 4 heteroatoms. The molecule has 0 fully saturated rings. The van der Waals surface area contributed by atoms with Gasteiger partial charge in [0.2, 0.25) is 0 Å². The molecule has 2 aromatic rings. The number of aromatic nitrogens is 1. The Bertz CT molecular complexity index is 451. The van der Waals surface area contributed by atoms with Crippen LogP contribution in [0, 0.1) is 0 Å². The molecule has 0 atom stereocenters. The zero-order valence-electron chi connectivity index (χ0n) is 8.62. The minimum atomic E-state index is 0.511. The van der Waals surface area contributed by atoms with E-state index in [0.29, 0.717) is 13.2 Å². The molecule has 2 rings (SSSR count). The van der Waals surface area contributed by atoms with Gasteiger partial charge in [-0.05, 0) is 18.2 Å². The number of hydrogen-bond donors (Lipinski definition) is 2. The summed E-state index contributed by atoms with van der Waals surface area (Å²) in [7, 11) is 1.65. The normalized spacial score (nSPS) is 10.5. The number of nitrogens with one attached hydrogen (secondary N) is 1. The fourth-order valence-electron chi connectivity index (χ4n) is 1.49. The SMILES string of the molecule is COc1ccc2[nH]cc(OCCN)c2c1. The van der Waals surface area contributed by atoms with Crippen LogP contribution in [0.3, 0.4) is 0 Å². The first-order valence-electron chi connectivity index (χ1n) is 4.83. The molecular formula is C11H14N2O2. The van der Waals surface area contributed by atoms with Crippen molar-refractivity contribution in [3.05, 3.63) is 24.4 Å². The van der Waals surface area contributed by atoms with Crippen molar-refractivity contribution in [2.45, 2.75) is 0 Å². The lowest BCUT2D eigenvalue weighted by molar-refractivity contribution is 0.332. The third-order valence-corrected chi connectivity index (χ3v) is 2.23. The molecule has 3 N–H and O–H groups in total. The van der Waals surface area contributed by atoms with Crippen LogP contribution in [0.5, 0.6) is 11.5 Å². The van der Waals surface area contributed by atoms with Gasteiger partial charge >= 0.3 is 0 Å². The van der Waals surface area contributed by atoms with E-state index in [2.05, 4.69) is 4.98 Å². The third-order valence-electron chi connectivity index (χ3n) is 2.23. The Morgan fingerprint density at radius 1 is 1.40 bits per heavy atom. The van der Waals surface area contributed by atoms with Gasteiger partial charge in [-0.15, -0.1) is 0 Å². The van der Waals surface area contributed by atoms with Gasteiger partial charge in [0.15, 0.2) is 0 Å². The van der Waals surface area contributed by atoms with Crippen LogP contribution in [0.1, 0.15) is 0 Å². The van der Waals surface area contributed by atoms with E-state index in [1.54, 1.807) is 7.11 Å². The molecular weight excluding hydrogens is 192 g/mol. The number of rotatable bonds is 4. The number of aromatic amines is 1. The minimum Gasteiger partial charge on any atom is -0.497 e. The van der Waals surface area contributed by atoms with E-state index in [-0.39, 0.29) is 0 Å². The van der Waals surface area contributed by atoms with Crippen molar-refractivity contribution in [2.24, 2.45) is 5.73 Å². The van der Waals surface area contributed by atoms with Crippen molar-refractivity contribution in [3.8, 4) is 11.5 Å². The Morgan fingerprint density at radius 3 is 3.00 bits per heavy atom. The lowest BCUT2D eigenvalue weighted by Crippen LogP contribution is -2.10. The fourth-order valence-corrected chi connectivity index (χ4v) is 1.49. The molecule has 1 aromatic heterocycles. The van der Waals surface area contributed by atoms with Crippen molar-refractivity contribution in [1.29, 1.82) is 0 Å². The molecule has 0 amide bonds. The quantitative estimate of drug-likeness (QED) is 0.797. The van der Waals surface area contributed by atoms with E-state index in [0.717, 1.165) is 22.4 Å². The molecule has 0 unspecified atom stereocenters. The highest BCUT2D eigenvalue weighted by Gasteiger charge is 2.05. The van der Waals surface area contributed by atoms with Crippen LogP contribution < -0.4 is 15.2 Å². The largest absolute Gasteiger partial charge is 0.497 e. The molecule has 1 heterocycles. The molecule has 1 aromatic carbocycles. The number of methoxy groups -OCH3 is 1. The number of fused-ring (bicyclic) bond motifs is 1. The second-order valence-electron chi connectivity index (χ2n) is 3.20. The average molecular weight is 206 g/mol. The molecule has 15 heavy (non-hydrogen) atoms. The summed E-state index contributed by atoms with van der Waals surface area (Å²) >= 11 is 0. The summed E-state index contributed by atoms with van der Waals surface area (Å²) in [6, 6.07) is 5.81. The second kappa shape index (κ2) is 4.23. The monoisotopic (exact) mass is 206 g/mol. The van der Waals surface area contributed by atoms with Gasteiger partial charge in [0.05, 0.1) is 7.11 Å². The van der Waals surface area contributed by atoms with Gasteiger partial charge in [-0.3, -0.25) is 0 Å². The maximum Gasteiger partial charge on any atom is 0.144 e. The van der Waals surface area contributed by atoms with Crippen molar-refractivity contribution in [1.82, 2.24) is 4.98 Å². The van der Waals surface area contributed by atoms with Gasteiger partial charge in [-0.2, -0.15) is 0 Å². The standard InChI is InChI=1S/C11H14N2O2/c1-14-8-2-3-10-9(6-8)11(7-13-10)15-5-4-12/h2-3,6-7,13H,4-5,12H2,1H3. The molecule has 0 aliphatic carbocycles. The van der Waals surface area contributed by atoms with E-state index in [9.17, 15) is 0 Å². The zero-order valence-corrected chi connectivity index (χ0v) is 8.62. The topological polar surface area (TPSA) is 60.3 Å². The van der Waals surface area contributed by atoms with Gasteiger partial charge in [-0.25, -0.2) is 0 Å². The van der Waals surface area contributed by atoms with Crippen molar-refractivity contribution in [3.63, 3.8) is 0 Å². The van der Waals surface area contributed by atoms with E-state index < -0.39 is 0 Å². The van der Waals surface area contributed by atoms with E-state index >= 15 is 0 Å². The average Bonchev–Trinajstić information content (AvgIpc) is 2.68. The Morgan fingerprint density at radius 2 is 2.27 bits per heavy atom. The van der Waals surface area contributed by atoms with Crippen LogP contribution in [0.25, 0.3) is 10.9 Å². The van der Waals surface area contributed by atoms with Gasteiger partial charge in [-0.1, -0.05) is 0 Å². The predicted molar refractivity (Wildman–Crippen MR) is 59.4 cm³/mol. The number of ether oxygens (including phenoxy) is 2. The van der Waals surface area contributed by atoms with Gasteiger partial charge in [0.1, 0.15) is 18.1 Å². The molecule has 0 aliphatic heterocycles. The molecule has 4 nitrogen and oxygen atoms in total. The first kappa shape index (κ1) is 9.86. The van der Waals surface area contributed by atoms with E-state index in [4.69, 9.17) is 15.2 Å². The lowest BCUT2D eigenvalue weighted by Gasteiger charge is -2.03. The van der Waals surface area contributed by atoms with Gasteiger partial charge < -0.3 is 20.2 Å². The fraction of sp³-hybridized carbons (Fsp3) is 0.273. The molecule has 80 valence electrons. The summed E-state index contributed by atoms with van der Waals surface area (Å²) in [6.45, 7) is 1.03. The molecule has 0 saturated heterocycles. The van der Waals surface area contributed by atoms with Crippen molar-refractivity contribution in [2.75, 3.05) is 20.3 Å². The smallest absolute Gasteiger partial charge is 0.144 e. The van der Waals surface area contributed by atoms with E-state index in [1.165, 1.54) is 0 Å². The van der Waals surface area contributed by atoms with Crippen LogP contribution in [0.2, 0.25) is 0 Å². The van der Waals surface area contributed by atoms with Crippen molar-refractivity contribution < 1.29 is 9.47 Å². The lowest BCUT2D eigenvalue weighted by atomic mass is 10.2. The van der Waals surface area contributed by atoms with Crippen molar-refractivity contribution >= 4 is 10.9 Å². The Kier molecular flexibility index (Phi) is 2.78. The van der Waals surface area contributed by atoms with Crippen LogP contribution >= 0.6 is 0 Å². The predicted octanol–water partition coefficient (Wildman–Crippen LogP) is 1.51. The highest BCUT2D eigenvalue weighted by Crippen LogP contribution is 2.28. The zero-order chi connectivity index (χ0) is 10.7. The van der Waals surface area contributed by atoms with Crippen LogP contribution in [0.15, 0.2) is 24.4 Å².